The maximum absolute atomic E-state index is 12.3. The van der Waals surface area contributed by atoms with Crippen LogP contribution in [0.4, 0.5) is 0 Å². The Kier molecular flexibility index (Phi) is 6.06. The van der Waals surface area contributed by atoms with Crippen LogP contribution in [-0.2, 0) is 21.4 Å². The van der Waals surface area contributed by atoms with Crippen molar-refractivity contribution < 1.29 is 17.9 Å². The van der Waals surface area contributed by atoms with Crippen LogP contribution in [0.1, 0.15) is 15.9 Å². The number of sulfonamides is 1. The van der Waals surface area contributed by atoms with Gasteiger partial charge in [-0.15, -0.1) is 0 Å². The van der Waals surface area contributed by atoms with Gasteiger partial charge in [0.1, 0.15) is 6.61 Å². The first-order valence-corrected chi connectivity index (χ1v) is 9.09. The number of ether oxygens (including phenoxy) is 1. The van der Waals surface area contributed by atoms with Gasteiger partial charge < -0.3 is 4.74 Å². The lowest BCUT2D eigenvalue weighted by Gasteiger charge is -2.09. The molecule has 1 N–H and O–H groups in total. The predicted molar refractivity (Wildman–Crippen MR) is 90.8 cm³/mol. The van der Waals surface area contributed by atoms with Gasteiger partial charge in [0, 0.05) is 10.0 Å². The maximum atomic E-state index is 12.3. The zero-order valence-corrected chi connectivity index (χ0v) is 14.9. The molecule has 0 aromatic heterocycles. The molecule has 0 heterocycles. The molecule has 2 aromatic carbocycles. The second-order valence-electron chi connectivity index (χ2n) is 4.75. The molecule has 2 rings (SSSR count). The molecular formula is C16H16BrNO4S. The molecule has 7 heteroatoms. The second kappa shape index (κ2) is 7.83. The third-order valence-electron chi connectivity index (χ3n) is 3.14. The van der Waals surface area contributed by atoms with Crippen LogP contribution < -0.4 is 4.72 Å². The van der Waals surface area contributed by atoms with E-state index in [4.69, 9.17) is 4.74 Å². The van der Waals surface area contributed by atoms with Gasteiger partial charge in [-0.25, -0.2) is 13.1 Å². The summed E-state index contributed by atoms with van der Waals surface area (Å²) >= 11 is 3.36. The van der Waals surface area contributed by atoms with Crippen molar-refractivity contribution in [2.45, 2.75) is 11.5 Å². The first-order valence-electron chi connectivity index (χ1n) is 6.82. The number of benzene rings is 2. The quantitative estimate of drug-likeness (QED) is 0.728. The molecule has 0 atom stereocenters. The van der Waals surface area contributed by atoms with Gasteiger partial charge in [0.05, 0.1) is 11.5 Å². The number of hydrogen-bond donors (Lipinski definition) is 1. The summed E-state index contributed by atoms with van der Waals surface area (Å²) in [6, 6.07) is 13.6. The summed E-state index contributed by atoms with van der Waals surface area (Å²) in [4.78, 5) is 12.2. The molecule has 0 radical (unpaired) electrons. The van der Waals surface area contributed by atoms with Crippen LogP contribution in [0.5, 0.6) is 0 Å². The largest absolute Gasteiger partial charge is 0.369 e. The molecule has 0 spiro atoms. The molecule has 5 nitrogen and oxygen atoms in total. The van der Waals surface area contributed by atoms with E-state index in [0.29, 0.717) is 0 Å². The van der Waals surface area contributed by atoms with E-state index in [-0.39, 0.29) is 29.5 Å². The standard InChI is InChI=1S/C16H16BrNO4S/c1-18-23(20,21)16-8-3-2-7-14(16)15(19)11-22-10-12-5-4-6-13(17)9-12/h2-9,18H,10-11H2,1H3. The summed E-state index contributed by atoms with van der Waals surface area (Å²) in [6.07, 6.45) is 0. The molecule has 0 amide bonds. The molecule has 0 unspecified atom stereocenters. The normalized spacial score (nSPS) is 11.4. The molecule has 0 bridgehead atoms. The van der Waals surface area contributed by atoms with E-state index < -0.39 is 10.0 Å². The summed E-state index contributed by atoms with van der Waals surface area (Å²) in [5.41, 5.74) is 1.04. The fourth-order valence-corrected chi connectivity index (χ4v) is 3.40. The van der Waals surface area contributed by atoms with Crippen molar-refractivity contribution in [3.63, 3.8) is 0 Å². The molecule has 0 saturated carbocycles. The summed E-state index contributed by atoms with van der Waals surface area (Å²) in [6.45, 7) is 0.0783. The van der Waals surface area contributed by atoms with Gasteiger partial charge in [-0.3, -0.25) is 4.79 Å². The van der Waals surface area contributed by atoms with Crippen LogP contribution in [0.15, 0.2) is 57.9 Å². The van der Waals surface area contributed by atoms with Crippen molar-refractivity contribution in [3.05, 3.63) is 64.1 Å². The lowest BCUT2D eigenvalue weighted by atomic mass is 10.1. The topological polar surface area (TPSA) is 72.5 Å². The zero-order chi connectivity index (χ0) is 16.9. The minimum atomic E-state index is -3.69. The minimum absolute atomic E-state index is 0.0430. The summed E-state index contributed by atoms with van der Waals surface area (Å²) < 4.78 is 32.4. The number of rotatable bonds is 7. The van der Waals surface area contributed by atoms with Crippen molar-refractivity contribution in [2.24, 2.45) is 0 Å². The summed E-state index contributed by atoms with van der Waals surface area (Å²) in [5, 5.41) is 0. The van der Waals surface area contributed by atoms with Crippen LogP contribution >= 0.6 is 15.9 Å². The van der Waals surface area contributed by atoms with Crippen molar-refractivity contribution in [2.75, 3.05) is 13.7 Å². The van der Waals surface area contributed by atoms with E-state index in [9.17, 15) is 13.2 Å². The molecule has 122 valence electrons. The number of carbonyl (C=O) groups is 1. The lowest BCUT2D eigenvalue weighted by molar-refractivity contribution is 0.0723. The Balaban J connectivity index is 2.07. The van der Waals surface area contributed by atoms with Gasteiger partial charge in [-0.2, -0.15) is 0 Å². The van der Waals surface area contributed by atoms with Crippen LogP contribution in [-0.4, -0.2) is 27.9 Å². The third kappa shape index (κ3) is 4.71. The zero-order valence-electron chi connectivity index (χ0n) is 12.5. The predicted octanol–water partition coefficient (Wildman–Crippen LogP) is 2.76. The van der Waals surface area contributed by atoms with E-state index in [1.807, 2.05) is 24.3 Å². The molecule has 0 fully saturated rings. The average molecular weight is 398 g/mol. The Labute approximate surface area is 143 Å². The number of halogens is 1. The van der Waals surface area contributed by atoms with Crippen molar-refractivity contribution in [1.82, 2.24) is 4.72 Å². The van der Waals surface area contributed by atoms with Crippen molar-refractivity contribution in [1.29, 1.82) is 0 Å². The number of hydrogen-bond acceptors (Lipinski definition) is 4. The molecular weight excluding hydrogens is 382 g/mol. The third-order valence-corrected chi connectivity index (χ3v) is 5.10. The van der Waals surface area contributed by atoms with E-state index in [2.05, 4.69) is 20.7 Å². The average Bonchev–Trinajstić information content (AvgIpc) is 2.55. The smallest absolute Gasteiger partial charge is 0.241 e. The van der Waals surface area contributed by atoms with Gasteiger partial charge in [-0.1, -0.05) is 40.2 Å². The highest BCUT2D eigenvalue weighted by Crippen LogP contribution is 2.16. The Hall–Kier alpha value is -1.54. The van der Waals surface area contributed by atoms with E-state index in [1.165, 1.54) is 19.2 Å². The van der Waals surface area contributed by atoms with Crippen molar-refractivity contribution >= 4 is 31.7 Å². The summed E-state index contributed by atoms with van der Waals surface area (Å²) in [7, 11) is -2.38. The highest BCUT2D eigenvalue weighted by atomic mass is 79.9. The highest BCUT2D eigenvalue weighted by molar-refractivity contribution is 9.10. The van der Waals surface area contributed by atoms with Gasteiger partial charge >= 0.3 is 0 Å². The first-order chi connectivity index (χ1) is 10.9. The van der Waals surface area contributed by atoms with Gasteiger partial charge in [-0.05, 0) is 36.9 Å². The first kappa shape index (κ1) is 17.8. The number of ketones is 1. The Bertz CT molecular complexity index is 805. The van der Waals surface area contributed by atoms with Crippen LogP contribution in [0.2, 0.25) is 0 Å². The van der Waals surface area contributed by atoms with Gasteiger partial charge in [0.15, 0.2) is 5.78 Å². The van der Waals surface area contributed by atoms with Gasteiger partial charge in [0.2, 0.25) is 10.0 Å². The minimum Gasteiger partial charge on any atom is -0.369 e. The monoisotopic (exact) mass is 397 g/mol. The fourth-order valence-electron chi connectivity index (χ4n) is 2.01. The molecule has 0 aliphatic carbocycles. The SMILES string of the molecule is CNS(=O)(=O)c1ccccc1C(=O)COCc1cccc(Br)c1. The van der Waals surface area contributed by atoms with E-state index in [1.54, 1.807) is 12.1 Å². The molecule has 2 aromatic rings. The fraction of sp³-hybridized carbons (Fsp3) is 0.188. The maximum Gasteiger partial charge on any atom is 0.241 e. The molecule has 0 aliphatic rings. The Morgan fingerprint density at radius 1 is 1.17 bits per heavy atom. The van der Waals surface area contributed by atoms with E-state index >= 15 is 0 Å². The number of carbonyl (C=O) groups excluding carboxylic acids is 1. The number of nitrogens with one attached hydrogen (secondary N) is 1. The Morgan fingerprint density at radius 3 is 2.61 bits per heavy atom. The molecule has 0 saturated heterocycles. The highest BCUT2D eigenvalue weighted by Gasteiger charge is 2.20. The van der Waals surface area contributed by atoms with Crippen LogP contribution in [0, 0.1) is 0 Å². The lowest BCUT2D eigenvalue weighted by Crippen LogP contribution is -2.22. The van der Waals surface area contributed by atoms with Gasteiger partial charge in [0.25, 0.3) is 0 Å². The van der Waals surface area contributed by atoms with Crippen molar-refractivity contribution in [3.8, 4) is 0 Å². The summed E-state index contributed by atoms with van der Waals surface area (Å²) in [5.74, 6) is -0.380. The van der Waals surface area contributed by atoms with Crippen LogP contribution in [0.3, 0.4) is 0 Å². The Morgan fingerprint density at radius 2 is 1.91 bits per heavy atom. The van der Waals surface area contributed by atoms with Crippen LogP contribution in [0.25, 0.3) is 0 Å². The molecule has 23 heavy (non-hydrogen) atoms. The second-order valence-corrected chi connectivity index (χ2v) is 7.52. The number of Topliss-reactive ketones (excluding diaryl/α,β-unsaturated/α-hetero) is 1. The van der Waals surface area contributed by atoms with E-state index in [0.717, 1.165) is 10.0 Å². The molecule has 0 aliphatic heterocycles.